The molecule has 2 aromatic rings. The fourth-order valence-electron chi connectivity index (χ4n) is 2.80. The summed E-state index contributed by atoms with van der Waals surface area (Å²) in [5, 5.41) is 0. The van der Waals surface area contributed by atoms with E-state index in [0.717, 1.165) is 50.5 Å². The van der Waals surface area contributed by atoms with E-state index in [2.05, 4.69) is 11.8 Å². The molecule has 0 atom stereocenters. The number of amides is 1. The highest BCUT2D eigenvalue weighted by Gasteiger charge is 2.22. The van der Waals surface area contributed by atoms with Gasteiger partial charge in [0.25, 0.3) is 5.91 Å². The van der Waals surface area contributed by atoms with Crippen LogP contribution < -0.4 is 0 Å². The van der Waals surface area contributed by atoms with Gasteiger partial charge in [-0.1, -0.05) is 19.1 Å². The lowest BCUT2D eigenvalue weighted by Gasteiger charge is -2.34. The smallest absolute Gasteiger partial charge is 0.253 e. The highest BCUT2D eigenvalue weighted by Crippen LogP contribution is 2.13. The molecule has 1 amide bonds. The topological polar surface area (TPSA) is 36.7 Å². The molecule has 116 valence electrons. The van der Waals surface area contributed by atoms with Crippen molar-refractivity contribution < 1.29 is 9.21 Å². The summed E-state index contributed by atoms with van der Waals surface area (Å²) in [6, 6.07) is 11.9. The monoisotopic (exact) mass is 298 g/mol. The largest absolute Gasteiger partial charge is 0.468 e. The predicted molar refractivity (Wildman–Crippen MR) is 85.7 cm³/mol. The van der Waals surface area contributed by atoms with Crippen molar-refractivity contribution in [2.75, 3.05) is 26.2 Å². The second-order valence-electron chi connectivity index (χ2n) is 5.70. The molecule has 4 nitrogen and oxygen atoms in total. The minimum atomic E-state index is 0.139. The van der Waals surface area contributed by atoms with Crippen LogP contribution in [0.2, 0.25) is 0 Å². The average Bonchev–Trinajstić information content (AvgIpc) is 3.08. The molecule has 22 heavy (non-hydrogen) atoms. The maximum atomic E-state index is 12.5. The summed E-state index contributed by atoms with van der Waals surface area (Å²) in [5.41, 5.74) is 2.05. The number of aryl methyl sites for hydroxylation is 1. The average molecular weight is 298 g/mol. The van der Waals surface area contributed by atoms with Crippen molar-refractivity contribution >= 4 is 5.91 Å². The number of rotatable bonds is 4. The maximum absolute atomic E-state index is 12.5. The third-order valence-corrected chi connectivity index (χ3v) is 4.23. The van der Waals surface area contributed by atoms with Crippen molar-refractivity contribution in [3.8, 4) is 0 Å². The summed E-state index contributed by atoms with van der Waals surface area (Å²) in [7, 11) is 0. The van der Waals surface area contributed by atoms with Gasteiger partial charge in [0.15, 0.2) is 0 Å². The number of carbonyl (C=O) groups is 1. The highest BCUT2D eigenvalue weighted by molar-refractivity contribution is 5.94. The molecule has 3 rings (SSSR count). The van der Waals surface area contributed by atoms with E-state index in [1.54, 1.807) is 6.26 Å². The number of nitrogens with zero attached hydrogens (tertiary/aromatic N) is 2. The lowest BCUT2D eigenvalue weighted by atomic mass is 10.1. The fraction of sp³-hybridized carbons (Fsp3) is 0.389. The standard InChI is InChI=1S/C18H22N2O2/c1-2-15-5-7-16(8-6-15)18(21)20-11-9-19(10-12-20)14-17-4-3-13-22-17/h3-8,13H,2,9-12,14H2,1H3. The highest BCUT2D eigenvalue weighted by atomic mass is 16.3. The van der Waals surface area contributed by atoms with Crippen LogP contribution in [0.3, 0.4) is 0 Å². The Bertz CT molecular complexity index is 597. The Labute approximate surface area is 131 Å². The van der Waals surface area contributed by atoms with Gasteiger partial charge in [-0.05, 0) is 36.2 Å². The Morgan fingerprint density at radius 2 is 1.82 bits per heavy atom. The molecule has 0 bridgehead atoms. The molecule has 0 aliphatic carbocycles. The number of hydrogen-bond acceptors (Lipinski definition) is 3. The van der Waals surface area contributed by atoms with Gasteiger partial charge in [-0.3, -0.25) is 9.69 Å². The van der Waals surface area contributed by atoms with E-state index in [1.165, 1.54) is 5.56 Å². The van der Waals surface area contributed by atoms with Crippen LogP contribution in [0.4, 0.5) is 0 Å². The van der Waals surface area contributed by atoms with Crippen molar-refractivity contribution in [2.45, 2.75) is 19.9 Å². The van der Waals surface area contributed by atoms with Gasteiger partial charge in [0.1, 0.15) is 5.76 Å². The SMILES string of the molecule is CCc1ccc(C(=O)N2CCN(Cc3ccco3)CC2)cc1. The van der Waals surface area contributed by atoms with E-state index in [0.29, 0.717) is 0 Å². The summed E-state index contributed by atoms with van der Waals surface area (Å²) >= 11 is 0. The van der Waals surface area contributed by atoms with E-state index >= 15 is 0 Å². The van der Waals surface area contributed by atoms with Crippen molar-refractivity contribution in [3.05, 3.63) is 59.5 Å². The minimum Gasteiger partial charge on any atom is -0.468 e. The van der Waals surface area contributed by atoms with Crippen molar-refractivity contribution in [1.29, 1.82) is 0 Å². The van der Waals surface area contributed by atoms with Gasteiger partial charge in [0.2, 0.25) is 0 Å². The van der Waals surface area contributed by atoms with Crippen molar-refractivity contribution in [1.82, 2.24) is 9.80 Å². The van der Waals surface area contributed by atoms with Gasteiger partial charge in [0.05, 0.1) is 12.8 Å². The fourth-order valence-corrected chi connectivity index (χ4v) is 2.80. The summed E-state index contributed by atoms with van der Waals surface area (Å²) in [6.07, 6.45) is 2.70. The first-order valence-corrected chi connectivity index (χ1v) is 7.89. The molecule has 1 aromatic carbocycles. The zero-order chi connectivity index (χ0) is 15.4. The van der Waals surface area contributed by atoms with E-state index in [4.69, 9.17) is 4.42 Å². The first kappa shape index (κ1) is 14.9. The van der Waals surface area contributed by atoms with Gasteiger partial charge in [-0.15, -0.1) is 0 Å². The summed E-state index contributed by atoms with van der Waals surface area (Å²) in [5.74, 6) is 1.12. The molecule has 0 N–H and O–H groups in total. The number of hydrogen-bond donors (Lipinski definition) is 0. The lowest BCUT2D eigenvalue weighted by Crippen LogP contribution is -2.48. The van der Waals surface area contributed by atoms with E-state index in [9.17, 15) is 4.79 Å². The van der Waals surface area contributed by atoms with Crippen LogP contribution in [0.25, 0.3) is 0 Å². The van der Waals surface area contributed by atoms with Crippen LogP contribution in [-0.2, 0) is 13.0 Å². The molecule has 1 aliphatic rings. The van der Waals surface area contributed by atoms with Crippen LogP contribution in [0, 0.1) is 0 Å². The van der Waals surface area contributed by atoms with Crippen molar-refractivity contribution in [2.24, 2.45) is 0 Å². The molecule has 0 saturated carbocycles. The lowest BCUT2D eigenvalue weighted by molar-refractivity contribution is 0.0620. The van der Waals surface area contributed by atoms with Gasteiger partial charge in [0, 0.05) is 31.7 Å². The van der Waals surface area contributed by atoms with E-state index in [1.807, 2.05) is 41.3 Å². The molecule has 1 fully saturated rings. The molecule has 1 saturated heterocycles. The molecule has 1 aliphatic heterocycles. The number of carbonyl (C=O) groups excluding carboxylic acids is 1. The number of furan rings is 1. The van der Waals surface area contributed by atoms with Crippen LogP contribution in [0.1, 0.15) is 28.6 Å². The summed E-state index contributed by atoms with van der Waals surface area (Å²) < 4.78 is 5.38. The Hall–Kier alpha value is -2.07. The maximum Gasteiger partial charge on any atom is 0.253 e. The summed E-state index contributed by atoms with van der Waals surface area (Å²) in [6.45, 7) is 6.26. The molecule has 0 radical (unpaired) electrons. The Balaban J connectivity index is 1.54. The van der Waals surface area contributed by atoms with Gasteiger partial charge < -0.3 is 9.32 Å². The third kappa shape index (κ3) is 3.39. The second kappa shape index (κ2) is 6.79. The molecule has 0 unspecified atom stereocenters. The minimum absolute atomic E-state index is 0.139. The predicted octanol–water partition coefficient (Wildman–Crippen LogP) is 2.80. The Morgan fingerprint density at radius 1 is 1.09 bits per heavy atom. The summed E-state index contributed by atoms with van der Waals surface area (Å²) in [4.78, 5) is 16.8. The zero-order valence-corrected chi connectivity index (χ0v) is 13.0. The quantitative estimate of drug-likeness (QED) is 0.871. The zero-order valence-electron chi connectivity index (χ0n) is 13.0. The molecule has 0 spiro atoms. The van der Waals surface area contributed by atoms with Crippen LogP contribution in [0.15, 0.2) is 47.1 Å². The Kier molecular flexibility index (Phi) is 4.59. The second-order valence-corrected chi connectivity index (χ2v) is 5.70. The van der Waals surface area contributed by atoms with E-state index in [-0.39, 0.29) is 5.91 Å². The third-order valence-electron chi connectivity index (χ3n) is 4.23. The van der Waals surface area contributed by atoms with Crippen LogP contribution >= 0.6 is 0 Å². The number of piperazine rings is 1. The molecule has 2 heterocycles. The van der Waals surface area contributed by atoms with Crippen molar-refractivity contribution in [3.63, 3.8) is 0 Å². The number of benzene rings is 1. The molecule has 4 heteroatoms. The molecular weight excluding hydrogens is 276 g/mol. The Morgan fingerprint density at radius 3 is 2.41 bits per heavy atom. The first-order valence-electron chi connectivity index (χ1n) is 7.89. The van der Waals surface area contributed by atoms with Crippen LogP contribution in [0.5, 0.6) is 0 Å². The molecule has 1 aromatic heterocycles. The van der Waals surface area contributed by atoms with Gasteiger partial charge >= 0.3 is 0 Å². The first-order chi connectivity index (χ1) is 10.8. The molecular formula is C18H22N2O2. The normalized spacial score (nSPS) is 16.0. The van der Waals surface area contributed by atoms with Gasteiger partial charge in [-0.25, -0.2) is 0 Å². The van der Waals surface area contributed by atoms with Crippen LogP contribution in [-0.4, -0.2) is 41.9 Å². The van der Waals surface area contributed by atoms with Gasteiger partial charge in [-0.2, -0.15) is 0 Å². The van der Waals surface area contributed by atoms with E-state index < -0.39 is 0 Å².